The Kier molecular flexibility index (Phi) is 3.10. The van der Waals surface area contributed by atoms with Gasteiger partial charge in [-0.05, 0) is 12.8 Å². The van der Waals surface area contributed by atoms with Crippen LogP contribution in [0.25, 0.3) is 11.5 Å². The molecule has 0 aromatic carbocycles. The first-order chi connectivity index (χ1) is 9.19. The molecule has 6 nitrogen and oxygen atoms in total. The van der Waals surface area contributed by atoms with Gasteiger partial charge in [-0.2, -0.15) is 4.98 Å². The quantitative estimate of drug-likeness (QED) is 0.836. The minimum Gasteiger partial charge on any atom is -0.337 e. The highest BCUT2D eigenvalue weighted by atomic mass is 16.5. The molecule has 2 heterocycles. The molecule has 3 rings (SSSR count). The van der Waals surface area contributed by atoms with Gasteiger partial charge in [0.05, 0.1) is 18.1 Å². The van der Waals surface area contributed by atoms with Crippen LogP contribution in [-0.4, -0.2) is 19.7 Å². The fourth-order valence-corrected chi connectivity index (χ4v) is 2.68. The van der Waals surface area contributed by atoms with Gasteiger partial charge < -0.3 is 14.8 Å². The molecular weight excluding hydrogens is 242 g/mol. The van der Waals surface area contributed by atoms with Crippen LogP contribution >= 0.6 is 0 Å². The summed E-state index contributed by atoms with van der Waals surface area (Å²) in [6.45, 7) is 0. The maximum absolute atomic E-state index is 6.47. The zero-order valence-electron chi connectivity index (χ0n) is 11.2. The topological polar surface area (TPSA) is 82.8 Å². The lowest BCUT2D eigenvalue weighted by Crippen LogP contribution is -2.36. The lowest BCUT2D eigenvalue weighted by atomic mass is 9.91. The minimum atomic E-state index is -0.458. The van der Waals surface area contributed by atoms with Gasteiger partial charge in [0.15, 0.2) is 0 Å². The molecule has 2 aromatic rings. The van der Waals surface area contributed by atoms with E-state index in [1.807, 2.05) is 11.6 Å². The molecule has 0 radical (unpaired) electrons. The van der Waals surface area contributed by atoms with Gasteiger partial charge in [-0.15, -0.1) is 0 Å². The van der Waals surface area contributed by atoms with Gasteiger partial charge in [0.25, 0.3) is 0 Å². The Balaban J connectivity index is 1.90. The highest BCUT2D eigenvalue weighted by Gasteiger charge is 2.34. The number of nitrogens with two attached hydrogens (primary N) is 1. The number of aromatic nitrogens is 4. The van der Waals surface area contributed by atoms with Crippen molar-refractivity contribution < 1.29 is 4.52 Å². The Hall–Kier alpha value is -1.69. The third-order valence-corrected chi connectivity index (χ3v) is 3.89. The molecule has 6 heteroatoms. The summed E-state index contributed by atoms with van der Waals surface area (Å²) in [6.07, 6.45) is 10.0. The number of imidazole rings is 1. The highest BCUT2D eigenvalue weighted by Crippen LogP contribution is 2.33. The lowest BCUT2D eigenvalue weighted by molar-refractivity contribution is 0.257. The Morgan fingerprint density at radius 2 is 2.00 bits per heavy atom. The Morgan fingerprint density at radius 3 is 2.63 bits per heavy atom. The standard InChI is InChI=1S/C13H19N5O/c1-18-9-15-8-10(18)11-16-12(19-17-11)13(14)6-4-2-3-5-7-13/h8-9H,2-7,14H2,1H3. The molecular formula is C13H19N5O. The summed E-state index contributed by atoms with van der Waals surface area (Å²) >= 11 is 0. The molecule has 0 spiro atoms. The summed E-state index contributed by atoms with van der Waals surface area (Å²) in [4.78, 5) is 8.55. The van der Waals surface area contributed by atoms with E-state index in [1.165, 1.54) is 12.8 Å². The molecule has 0 amide bonds. The highest BCUT2D eigenvalue weighted by molar-refractivity contribution is 5.47. The second-order valence-electron chi connectivity index (χ2n) is 5.38. The molecule has 2 N–H and O–H groups in total. The fourth-order valence-electron chi connectivity index (χ4n) is 2.68. The van der Waals surface area contributed by atoms with Gasteiger partial charge in [0.1, 0.15) is 5.69 Å². The molecule has 1 saturated carbocycles. The van der Waals surface area contributed by atoms with Crippen LogP contribution < -0.4 is 5.73 Å². The zero-order valence-corrected chi connectivity index (χ0v) is 11.2. The monoisotopic (exact) mass is 261 g/mol. The molecule has 1 fully saturated rings. The first kappa shape index (κ1) is 12.3. The van der Waals surface area contributed by atoms with Crippen molar-refractivity contribution in [2.75, 3.05) is 0 Å². The van der Waals surface area contributed by atoms with Crippen LogP contribution in [0.15, 0.2) is 17.0 Å². The van der Waals surface area contributed by atoms with Crippen molar-refractivity contribution in [3.05, 3.63) is 18.4 Å². The summed E-state index contributed by atoms with van der Waals surface area (Å²) in [5.41, 5.74) is 6.85. The van der Waals surface area contributed by atoms with Crippen LogP contribution in [0.3, 0.4) is 0 Å². The van der Waals surface area contributed by atoms with E-state index in [0.29, 0.717) is 11.7 Å². The van der Waals surface area contributed by atoms with Gasteiger partial charge in [-0.25, -0.2) is 4.98 Å². The number of aryl methyl sites for hydroxylation is 1. The molecule has 0 atom stereocenters. The minimum absolute atomic E-state index is 0.458. The van der Waals surface area contributed by atoms with Crippen molar-refractivity contribution in [2.24, 2.45) is 12.8 Å². The van der Waals surface area contributed by atoms with Crippen molar-refractivity contribution in [3.63, 3.8) is 0 Å². The molecule has 0 unspecified atom stereocenters. The van der Waals surface area contributed by atoms with Gasteiger partial charge in [0.2, 0.25) is 11.7 Å². The lowest BCUT2D eigenvalue weighted by Gasteiger charge is -2.22. The summed E-state index contributed by atoms with van der Waals surface area (Å²) < 4.78 is 7.28. The normalized spacial score (nSPS) is 19.3. The summed E-state index contributed by atoms with van der Waals surface area (Å²) in [7, 11) is 1.90. The number of rotatable bonds is 2. The first-order valence-corrected chi connectivity index (χ1v) is 6.79. The van der Waals surface area contributed by atoms with E-state index in [1.54, 1.807) is 12.5 Å². The molecule has 0 saturated heterocycles. The molecule has 2 aromatic heterocycles. The summed E-state index contributed by atoms with van der Waals surface area (Å²) in [5.74, 6) is 1.12. The smallest absolute Gasteiger partial charge is 0.247 e. The molecule has 1 aliphatic carbocycles. The summed E-state index contributed by atoms with van der Waals surface area (Å²) in [5, 5.41) is 4.04. The van der Waals surface area contributed by atoms with E-state index >= 15 is 0 Å². The summed E-state index contributed by atoms with van der Waals surface area (Å²) in [6, 6.07) is 0. The second kappa shape index (κ2) is 4.77. The molecule has 102 valence electrons. The van der Waals surface area contributed by atoms with Crippen LogP contribution in [0.2, 0.25) is 0 Å². The molecule has 0 aliphatic heterocycles. The number of hydrogen-bond acceptors (Lipinski definition) is 5. The predicted molar refractivity (Wildman–Crippen MR) is 70.1 cm³/mol. The maximum Gasteiger partial charge on any atom is 0.247 e. The van der Waals surface area contributed by atoms with Crippen LogP contribution in [0.5, 0.6) is 0 Å². The zero-order chi connectivity index (χ0) is 13.3. The maximum atomic E-state index is 6.47. The van der Waals surface area contributed by atoms with Crippen LogP contribution in [0.4, 0.5) is 0 Å². The van der Waals surface area contributed by atoms with Crippen LogP contribution in [0.1, 0.15) is 44.4 Å². The molecule has 1 aliphatic rings. The average molecular weight is 261 g/mol. The third-order valence-electron chi connectivity index (χ3n) is 3.89. The number of nitrogens with zero attached hydrogens (tertiary/aromatic N) is 4. The molecule has 19 heavy (non-hydrogen) atoms. The van der Waals surface area contributed by atoms with Crippen LogP contribution in [0, 0.1) is 0 Å². The van der Waals surface area contributed by atoms with Crippen molar-refractivity contribution >= 4 is 0 Å². The average Bonchev–Trinajstić information content (AvgIpc) is 2.97. The van der Waals surface area contributed by atoms with E-state index in [-0.39, 0.29) is 0 Å². The Morgan fingerprint density at radius 1 is 1.26 bits per heavy atom. The van der Waals surface area contributed by atoms with Gasteiger partial charge in [-0.1, -0.05) is 30.8 Å². The Bertz CT molecular complexity index is 551. The van der Waals surface area contributed by atoms with Crippen molar-refractivity contribution in [1.29, 1.82) is 0 Å². The van der Waals surface area contributed by atoms with E-state index < -0.39 is 5.54 Å². The van der Waals surface area contributed by atoms with Crippen LogP contribution in [-0.2, 0) is 12.6 Å². The van der Waals surface area contributed by atoms with E-state index in [4.69, 9.17) is 10.3 Å². The largest absolute Gasteiger partial charge is 0.337 e. The third kappa shape index (κ3) is 2.28. The van der Waals surface area contributed by atoms with Gasteiger partial charge in [0, 0.05) is 7.05 Å². The van der Waals surface area contributed by atoms with Gasteiger partial charge >= 0.3 is 0 Å². The predicted octanol–water partition coefficient (Wildman–Crippen LogP) is 1.98. The van der Waals surface area contributed by atoms with E-state index in [2.05, 4.69) is 15.1 Å². The van der Waals surface area contributed by atoms with E-state index in [9.17, 15) is 0 Å². The first-order valence-electron chi connectivity index (χ1n) is 6.79. The SMILES string of the molecule is Cn1cncc1-c1noc(C2(N)CCCCCC2)n1. The van der Waals surface area contributed by atoms with Crippen molar-refractivity contribution in [1.82, 2.24) is 19.7 Å². The second-order valence-corrected chi connectivity index (χ2v) is 5.38. The Labute approximate surface area is 112 Å². The number of hydrogen-bond donors (Lipinski definition) is 1. The van der Waals surface area contributed by atoms with Crippen molar-refractivity contribution in [3.8, 4) is 11.5 Å². The van der Waals surface area contributed by atoms with Crippen molar-refractivity contribution in [2.45, 2.75) is 44.1 Å². The fraction of sp³-hybridized carbons (Fsp3) is 0.615. The van der Waals surface area contributed by atoms with Gasteiger partial charge in [-0.3, -0.25) is 0 Å². The molecule has 0 bridgehead atoms. The van der Waals surface area contributed by atoms with E-state index in [0.717, 1.165) is 31.4 Å².